The fourth-order valence-corrected chi connectivity index (χ4v) is 3.31. The minimum Gasteiger partial charge on any atom is -0.353 e. The van der Waals surface area contributed by atoms with Gasteiger partial charge < -0.3 is 10.2 Å². The Kier molecular flexibility index (Phi) is 7.81. The van der Waals surface area contributed by atoms with Crippen LogP contribution < -0.4 is 5.32 Å². The van der Waals surface area contributed by atoms with E-state index in [1.54, 1.807) is 0 Å². The molecule has 0 aliphatic carbocycles. The van der Waals surface area contributed by atoms with Crippen LogP contribution in [0.3, 0.4) is 0 Å². The molecule has 0 saturated heterocycles. The largest absolute Gasteiger partial charge is 0.353 e. The highest BCUT2D eigenvalue weighted by Crippen LogP contribution is 2.30. The number of anilines is 1. The lowest BCUT2D eigenvalue weighted by Crippen LogP contribution is -2.25. The van der Waals surface area contributed by atoms with E-state index in [-0.39, 0.29) is 0 Å². The third-order valence-electron chi connectivity index (χ3n) is 4.75. The number of hydrogen-bond donors (Lipinski definition) is 1. The maximum Gasteiger partial charge on any atom is 0.243 e. The number of hydrogen-bond acceptors (Lipinski definition) is 5. The van der Waals surface area contributed by atoms with Gasteiger partial charge in [0.05, 0.1) is 0 Å². The summed E-state index contributed by atoms with van der Waals surface area (Å²) in [4.78, 5) is 7.15. The third-order valence-corrected chi connectivity index (χ3v) is 5.25. The van der Waals surface area contributed by atoms with Gasteiger partial charge in [-0.05, 0) is 50.3 Å². The second-order valence-electron chi connectivity index (χ2n) is 6.65. The van der Waals surface area contributed by atoms with Crippen LogP contribution in [0.2, 0.25) is 10.0 Å². The van der Waals surface area contributed by atoms with Crippen molar-refractivity contribution < 1.29 is 0 Å². The second kappa shape index (κ2) is 10.5. The molecule has 7 heteroatoms. The molecule has 2 aromatic carbocycles. The standard InChI is InChI=1S/C22H25Cl2N5/c1-3-29(4-2)15-5-14-25-22-26-20(16-6-10-18(23)11-7-16)21(27-28-22)17-8-12-19(24)13-9-17/h6-13H,3-5,14-15H2,1-2H3,(H,25,26,28). The van der Waals surface area contributed by atoms with Crippen molar-refractivity contribution in [2.75, 3.05) is 31.5 Å². The molecule has 0 atom stereocenters. The van der Waals surface area contributed by atoms with Gasteiger partial charge in [0.2, 0.25) is 5.95 Å². The van der Waals surface area contributed by atoms with E-state index in [2.05, 4.69) is 34.3 Å². The summed E-state index contributed by atoms with van der Waals surface area (Å²) in [7, 11) is 0. The minimum atomic E-state index is 0.521. The maximum absolute atomic E-state index is 6.06. The highest BCUT2D eigenvalue weighted by atomic mass is 35.5. The topological polar surface area (TPSA) is 53.9 Å². The molecule has 1 aromatic heterocycles. The van der Waals surface area contributed by atoms with Crippen LogP contribution in [0.15, 0.2) is 48.5 Å². The van der Waals surface area contributed by atoms with Crippen molar-refractivity contribution in [3.63, 3.8) is 0 Å². The summed E-state index contributed by atoms with van der Waals surface area (Å²) in [6.07, 6.45) is 1.01. The van der Waals surface area contributed by atoms with Crippen LogP contribution in [0.4, 0.5) is 5.95 Å². The summed E-state index contributed by atoms with van der Waals surface area (Å²) in [6.45, 7) is 8.31. The van der Waals surface area contributed by atoms with E-state index in [9.17, 15) is 0 Å². The number of nitrogens with zero attached hydrogens (tertiary/aromatic N) is 4. The lowest BCUT2D eigenvalue weighted by molar-refractivity contribution is 0.303. The van der Waals surface area contributed by atoms with Crippen LogP contribution in [-0.2, 0) is 0 Å². The summed E-state index contributed by atoms with van der Waals surface area (Å²) in [5.74, 6) is 0.521. The van der Waals surface area contributed by atoms with E-state index >= 15 is 0 Å². The third kappa shape index (κ3) is 5.89. The Morgan fingerprint density at radius 3 is 1.90 bits per heavy atom. The Bertz CT molecular complexity index is 909. The molecule has 152 valence electrons. The van der Waals surface area contributed by atoms with E-state index in [1.165, 1.54) is 0 Å². The van der Waals surface area contributed by atoms with Crippen LogP contribution >= 0.6 is 23.2 Å². The predicted octanol–water partition coefficient (Wildman–Crippen LogP) is 5.66. The summed E-state index contributed by atoms with van der Waals surface area (Å²) in [5, 5.41) is 13.4. The zero-order valence-electron chi connectivity index (χ0n) is 16.7. The molecule has 0 bridgehead atoms. The number of benzene rings is 2. The monoisotopic (exact) mass is 429 g/mol. The SMILES string of the molecule is CCN(CC)CCCNc1nnc(-c2ccc(Cl)cc2)c(-c2ccc(Cl)cc2)n1. The zero-order chi connectivity index (χ0) is 20.6. The fourth-order valence-electron chi connectivity index (χ4n) is 3.05. The first-order chi connectivity index (χ1) is 14.1. The molecule has 0 radical (unpaired) electrons. The van der Waals surface area contributed by atoms with E-state index in [4.69, 9.17) is 28.2 Å². The van der Waals surface area contributed by atoms with Crippen molar-refractivity contribution in [1.29, 1.82) is 0 Å². The molecule has 29 heavy (non-hydrogen) atoms. The molecule has 1 N–H and O–H groups in total. The summed E-state index contributed by atoms with van der Waals surface area (Å²) in [6, 6.07) is 15.1. The number of halogens is 2. The van der Waals surface area contributed by atoms with Crippen LogP contribution in [-0.4, -0.2) is 46.3 Å². The number of rotatable bonds is 9. The van der Waals surface area contributed by atoms with Gasteiger partial charge in [-0.15, -0.1) is 10.2 Å². The Hall–Kier alpha value is -2.21. The fraction of sp³-hybridized carbons (Fsp3) is 0.318. The maximum atomic E-state index is 6.06. The first kappa shape index (κ1) is 21.5. The molecule has 1 heterocycles. The van der Waals surface area contributed by atoms with Gasteiger partial charge >= 0.3 is 0 Å². The van der Waals surface area contributed by atoms with Crippen molar-refractivity contribution in [2.45, 2.75) is 20.3 Å². The van der Waals surface area contributed by atoms with Gasteiger partial charge in [0.1, 0.15) is 11.4 Å². The molecule has 3 aromatic rings. The van der Waals surface area contributed by atoms with E-state index in [0.29, 0.717) is 21.7 Å². The Labute approximate surface area is 182 Å². The molecule has 0 amide bonds. The quantitative estimate of drug-likeness (QED) is 0.444. The van der Waals surface area contributed by atoms with Crippen molar-refractivity contribution >= 4 is 29.2 Å². The molecule has 0 spiro atoms. The summed E-state index contributed by atoms with van der Waals surface area (Å²) >= 11 is 12.1. The predicted molar refractivity (Wildman–Crippen MR) is 122 cm³/mol. The molecule has 0 aliphatic heterocycles. The van der Waals surface area contributed by atoms with Gasteiger partial charge in [0.25, 0.3) is 0 Å². The minimum absolute atomic E-state index is 0.521. The molecular weight excluding hydrogens is 405 g/mol. The average Bonchev–Trinajstić information content (AvgIpc) is 2.75. The molecule has 0 unspecified atom stereocenters. The molecule has 3 rings (SSSR count). The van der Waals surface area contributed by atoms with E-state index in [0.717, 1.165) is 49.4 Å². The van der Waals surface area contributed by atoms with Crippen molar-refractivity contribution in [2.24, 2.45) is 0 Å². The Morgan fingerprint density at radius 2 is 1.34 bits per heavy atom. The first-order valence-corrected chi connectivity index (χ1v) is 10.6. The lowest BCUT2D eigenvalue weighted by atomic mass is 10.0. The van der Waals surface area contributed by atoms with Crippen molar-refractivity contribution in [3.8, 4) is 22.5 Å². The van der Waals surface area contributed by atoms with Crippen molar-refractivity contribution in [3.05, 3.63) is 58.6 Å². The smallest absolute Gasteiger partial charge is 0.243 e. The van der Waals surface area contributed by atoms with Gasteiger partial charge in [0.15, 0.2) is 0 Å². The van der Waals surface area contributed by atoms with Crippen LogP contribution in [0.5, 0.6) is 0 Å². The molecular formula is C22H25Cl2N5. The van der Waals surface area contributed by atoms with Crippen LogP contribution in [0, 0.1) is 0 Å². The van der Waals surface area contributed by atoms with Crippen molar-refractivity contribution in [1.82, 2.24) is 20.1 Å². The molecule has 0 saturated carbocycles. The highest BCUT2D eigenvalue weighted by molar-refractivity contribution is 6.31. The Balaban J connectivity index is 1.84. The van der Waals surface area contributed by atoms with Gasteiger partial charge in [-0.25, -0.2) is 4.98 Å². The normalized spacial score (nSPS) is 11.1. The van der Waals surface area contributed by atoms with Gasteiger partial charge in [0, 0.05) is 27.7 Å². The number of nitrogens with one attached hydrogen (secondary N) is 1. The molecule has 0 aliphatic rings. The Morgan fingerprint density at radius 1 is 0.793 bits per heavy atom. The van der Waals surface area contributed by atoms with Gasteiger partial charge in [-0.2, -0.15) is 0 Å². The van der Waals surface area contributed by atoms with E-state index < -0.39 is 0 Å². The second-order valence-corrected chi connectivity index (χ2v) is 7.53. The molecule has 5 nitrogen and oxygen atoms in total. The van der Waals surface area contributed by atoms with Gasteiger partial charge in [-0.1, -0.05) is 61.3 Å². The highest BCUT2D eigenvalue weighted by Gasteiger charge is 2.14. The summed E-state index contributed by atoms with van der Waals surface area (Å²) in [5.41, 5.74) is 3.30. The van der Waals surface area contributed by atoms with E-state index in [1.807, 2.05) is 48.5 Å². The van der Waals surface area contributed by atoms with Crippen LogP contribution in [0.25, 0.3) is 22.5 Å². The first-order valence-electron chi connectivity index (χ1n) is 9.83. The average molecular weight is 430 g/mol. The molecule has 0 fully saturated rings. The number of aromatic nitrogens is 3. The summed E-state index contributed by atoms with van der Waals surface area (Å²) < 4.78 is 0. The zero-order valence-corrected chi connectivity index (χ0v) is 18.2. The lowest BCUT2D eigenvalue weighted by Gasteiger charge is -2.17. The van der Waals surface area contributed by atoms with Gasteiger partial charge in [-0.3, -0.25) is 0 Å². The van der Waals surface area contributed by atoms with Crippen LogP contribution in [0.1, 0.15) is 20.3 Å².